The van der Waals surface area contributed by atoms with Crippen molar-refractivity contribution >= 4 is 35.1 Å². The Balaban J connectivity index is 1.56. The standard InChI is InChI=1S/C28H24N2O5/c1-3-34-28(33)24-25(31)23(35-27(24)30-21-9-5-4-6-10-21)17-19-8-7-11-22(16-19)29-26(32)20-14-12-18(2)13-15-20/h4-17,30H,3H2,1-2H3,(H,29,32)/b23-17-. The lowest BCUT2D eigenvalue weighted by Gasteiger charge is -2.09. The highest BCUT2D eigenvalue weighted by atomic mass is 16.5. The zero-order valence-electron chi connectivity index (χ0n) is 19.3. The third-order valence-electron chi connectivity index (χ3n) is 5.16. The van der Waals surface area contributed by atoms with Gasteiger partial charge in [-0.1, -0.05) is 48.0 Å². The highest BCUT2D eigenvalue weighted by Gasteiger charge is 2.37. The molecule has 2 N–H and O–H groups in total. The van der Waals surface area contributed by atoms with E-state index in [-0.39, 0.29) is 29.7 Å². The summed E-state index contributed by atoms with van der Waals surface area (Å²) in [5.74, 6) is -1.62. The number of hydrogen-bond acceptors (Lipinski definition) is 6. The Morgan fingerprint density at radius 1 is 0.943 bits per heavy atom. The second kappa shape index (κ2) is 10.5. The SMILES string of the molecule is CCOC(=O)C1=C(Nc2ccccc2)O/C(=C\c2cccc(NC(=O)c3ccc(C)cc3)c2)C1=O. The van der Waals surface area contributed by atoms with E-state index in [4.69, 9.17) is 9.47 Å². The van der Waals surface area contributed by atoms with Crippen LogP contribution in [-0.2, 0) is 19.1 Å². The minimum atomic E-state index is -0.765. The maximum Gasteiger partial charge on any atom is 0.347 e. The quantitative estimate of drug-likeness (QED) is 0.286. The van der Waals surface area contributed by atoms with E-state index >= 15 is 0 Å². The van der Waals surface area contributed by atoms with Crippen molar-refractivity contribution < 1.29 is 23.9 Å². The molecule has 0 aromatic heterocycles. The number of allylic oxidation sites excluding steroid dienone is 1. The van der Waals surface area contributed by atoms with Crippen LogP contribution in [0.25, 0.3) is 6.08 Å². The summed E-state index contributed by atoms with van der Waals surface area (Å²) in [7, 11) is 0. The molecule has 7 nitrogen and oxygen atoms in total. The van der Waals surface area contributed by atoms with Crippen molar-refractivity contribution in [3.05, 3.63) is 113 Å². The van der Waals surface area contributed by atoms with E-state index in [2.05, 4.69) is 10.6 Å². The zero-order chi connectivity index (χ0) is 24.8. The third-order valence-corrected chi connectivity index (χ3v) is 5.16. The number of para-hydroxylation sites is 1. The molecular formula is C28H24N2O5. The molecule has 35 heavy (non-hydrogen) atoms. The lowest BCUT2D eigenvalue weighted by Crippen LogP contribution is -2.16. The summed E-state index contributed by atoms with van der Waals surface area (Å²) in [6, 6.07) is 23.3. The fourth-order valence-electron chi connectivity index (χ4n) is 3.42. The molecule has 1 aliphatic heterocycles. The Morgan fingerprint density at radius 3 is 2.37 bits per heavy atom. The van der Waals surface area contributed by atoms with Crippen molar-refractivity contribution in [2.75, 3.05) is 17.2 Å². The largest absolute Gasteiger partial charge is 0.462 e. The van der Waals surface area contributed by atoms with Crippen LogP contribution >= 0.6 is 0 Å². The predicted molar refractivity (Wildman–Crippen MR) is 133 cm³/mol. The zero-order valence-corrected chi connectivity index (χ0v) is 19.3. The van der Waals surface area contributed by atoms with Gasteiger partial charge in [0, 0.05) is 16.9 Å². The molecule has 4 rings (SSSR count). The number of ketones is 1. The molecule has 1 amide bonds. The number of Topliss-reactive ketones (excluding diaryl/α,β-unsaturated/α-hetero) is 1. The number of hydrogen-bond donors (Lipinski definition) is 2. The molecule has 3 aromatic carbocycles. The van der Waals surface area contributed by atoms with E-state index in [1.165, 1.54) is 6.08 Å². The number of carbonyl (C=O) groups excluding carboxylic acids is 3. The number of aryl methyl sites for hydroxylation is 1. The smallest absolute Gasteiger partial charge is 0.347 e. The topological polar surface area (TPSA) is 93.7 Å². The average molecular weight is 469 g/mol. The summed E-state index contributed by atoms with van der Waals surface area (Å²) in [5.41, 5.74) is 3.21. The van der Waals surface area contributed by atoms with Crippen LogP contribution in [0.4, 0.5) is 11.4 Å². The molecule has 176 valence electrons. The summed E-state index contributed by atoms with van der Waals surface area (Å²) in [4.78, 5) is 38.1. The second-order valence-corrected chi connectivity index (χ2v) is 7.80. The van der Waals surface area contributed by atoms with Gasteiger partial charge in [0.25, 0.3) is 5.91 Å². The Labute approximate surface area is 203 Å². The first-order valence-electron chi connectivity index (χ1n) is 11.1. The fraction of sp³-hybridized carbons (Fsp3) is 0.107. The molecule has 0 radical (unpaired) electrons. The molecule has 0 saturated carbocycles. The van der Waals surface area contributed by atoms with E-state index in [9.17, 15) is 14.4 Å². The summed E-state index contributed by atoms with van der Waals surface area (Å²) in [5, 5.41) is 5.82. The van der Waals surface area contributed by atoms with Crippen LogP contribution in [0.1, 0.15) is 28.4 Å². The molecule has 0 spiro atoms. The third kappa shape index (κ3) is 5.65. The van der Waals surface area contributed by atoms with Gasteiger partial charge in [-0.25, -0.2) is 4.79 Å². The Morgan fingerprint density at radius 2 is 1.66 bits per heavy atom. The normalized spacial score (nSPS) is 14.0. The van der Waals surface area contributed by atoms with Crippen LogP contribution in [-0.4, -0.2) is 24.3 Å². The first kappa shape index (κ1) is 23.5. The highest BCUT2D eigenvalue weighted by molar-refractivity contribution is 6.26. The maximum absolute atomic E-state index is 13.0. The maximum atomic E-state index is 13.0. The van der Waals surface area contributed by atoms with Gasteiger partial charge in [-0.05, 0) is 61.9 Å². The number of benzene rings is 3. The molecule has 3 aromatic rings. The van der Waals surface area contributed by atoms with Crippen LogP contribution in [0.5, 0.6) is 0 Å². The molecule has 1 heterocycles. The van der Waals surface area contributed by atoms with Gasteiger partial charge in [-0.3, -0.25) is 9.59 Å². The number of amides is 1. The molecule has 0 atom stereocenters. The monoisotopic (exact) mass is 468 g/mol. The number of ether oxygens (including phenoxy) is 2. The number of rotatable bonds is 7. The minimum Gasteiger partial charge on any atom is -0.462 e. The molecule has 1 aliphatic rings. The van der Waals surface area contributed by atoms with Crippen molar-refractivity contribution in [3.8, 4) is 0 Å². The Kier molecular flexibility index (Phi) is 7.07. The summed E-state index contributed by atoms with van der Waals surface area (Å²) in [6.07, 6.45) is 1.52. The van der Waals surface area contributed by atoms with Crippen LogP contribution in [0.2, 0.25) is 0 Å². The molecule has 0 bridgehead atoms. The number of esters is 1. The molecule has 0 saturated heterocycles. The Hall–Kier alpha value is -4.65. The number of carbonyl (C=O) groups is 3. The molecule has 0 fully saturated rings. The van der Waals surface area contributed by atoms with Gasteiger partial charge >= 0.3 is 5.97 Å². The van der Waals surface area contributed by atoms with Gasteiger partial charge < -0.3 is 20.1 Å². The summed E-state index contributed by atoms with van der Waals surface area (Å²) in [6.45, 7) is 3.74. The van der Waals surface area contributed by atoms with Gasteiger partial charge in [0.05, 0.1) is 6.61 Å². The second-order valence-electron chi connectivity index (χ2n) is 7.80. The lowest BCUT2D eigenvalue weighted by molar-refractivity contribution is -0.139. The van der Waals surface area contributed by atoms with Crippen LogP contribution in [0.15, 0.2) is 96.1 Å². The van der Waals surface area contributed by atoms with E-state index < -0.39 is 11.8 Å². The van der Waals surface area contributed by atoms with Crippen LogP contribution in [0.3, 0.4) is 0 Å². The average Bonchev–Trinajstić information content (AvgIpc) is 3.14. The van der Waals surface area contributed by atoms with E-state index in [0.717, 1.165) is 5.56 Å². The number of anilines is 2. The van der Waals surface area contributed by atoms with Gasteiger partial charge in [0.15, 0.2) is 11.3 Å². The molecular weight excluding hydrogens is 444 g/mol. The first-order valence-corrected chi connectivity index (χ1v) is 11.1. The highest BCUT2D eigenvalue weighted by Crippen LogP contribution is 2.29. The van der Waals surface area contributed by atoms with E-state index in [1.54, 1.807) is 55.5 Å². The van der Waals surface area contributed by atoms with Gasteiger partial charge in [-0.2, -0.15) is 0 Å². The van der Waals surface area contributed by atoms with Crippen molar-refractivity contribution in [2.45, 2.75) is 13.8 Å². The first-order chi connectivity index (χ1) is 16.9. The van der Waals surface area contributed by atoms with Crippen molar-refractivity contribution in [3.63, 3.8) is 0 Å². The van der Waals surface area contributed by atoms with Crippen LogP contribution < -0.4 is 10.6 Å². The van der Waals surface area contributed by atoms with Gasteiger partial charge in [0.1, 0.15) is 0 Å². The predicted octanol–water partition coefficient (Wildman–Crippen LogP) is 5.07. The fourth-order valence-corrected chi connectivity index (χ4v) is 3.42. The number of nitrogens with one attached hydrogen (secondary N) is 2. The Bertz CT molecular complexity index is 1320. The summed E-state index contributed by atoms with van der Waals surface area (Å²) >= 11 is 0. The van der Waals surface area contributed by atoms with E-state index in [1.807, 2.05) is 37.3 Å². The minimum absolute atomic E-state index is 0.00901. The molecule has 0 unspecified atom stereocenters. The van der Waals surface area contributed by atoms with E-state index in [0.29, 0.717) is 22.5 Å². The van der Waals surface area contributed by atoms with Crippen LogP contribution in [0, 0.1) is 6.92 Å². The summed E-state index contributed by atoms with van der Waals surface area (Å²) < 4.78 is 10.8. The molecule has 0 aliphatic carbocycles. The van der Waals surface area contributed by atoms with Crippen molar-refractivity contribution in [1.82, 2.24) is 0 Å². The van der Waals surface area contributed by atoms with Gasteiger partial charge in [-0.15, -0.1) is 0 Å². The van der Waals surface area contributed by atoms with Crippen molar-refractivity contribution in [2.24, 2.45) is 0 Å². The lowest BCUT2D eigenvalue weighted by atomic mass is 10.1. The van der Waals surface area contributed by atoms with Gasteiger partial charge in [0.2, 0.25) is 11.7 Å². The van der Waals surface area contributed by atoms with Crippen molar-refractivity contribution in [1.29, 1.82) is 0 Å². The molecule has 7 heteroatoms.